The highest BCUT2D eigenvalue weighted by Crippen LogP contribution is 2.69. The molecular formula is C36H56O4. The van der Waals surface area contributed by atoms with E-state index in [9.17, 15) is 15.0 Å². The molecule has 5 rings (SSSR count). The number of hydrogen-bond acceptors (Lipinski definition) is 4. The molecule has 4 heteroatoms. The molecule has 4 saturated carbocycles. The lowest BCUT2D eigenvalue weighted by Gasteiger charge is -2.65. The monoisotopic (exact) mass is 552 g/mol. The predicted octanol–water partition coefficient (Wildman–Crippen LogP) is 8.06. The first-order valence-corrected chi connectivity index (χ1v) is 16.6. The van der Waals surface area contributed by atoms with Gasteiger partial charge in [0.2, 0.25) is 0 Å². The molecule has 1 aromatic carbocycles. The molecule has 0 aromatic heterocycles. The molecule has 40 heavy (non-hydrogen) atoms. The second-order valence-electron chi connectivity index (χ2n) is 15.3. The lowest BCUT2D eigenvalue weighted by molar-refractivity contribution is -0.264. The molecule has 0 radical (unpaired) electrons. The Kier molecular flexibility index (Phi) is 8.54. The smallest absolute Gasteiger partial charge is 0.338 e. The maximum absolute atomic E-state index is 12.8. The van der Waals surface area contributed by atoms with Gasteiger partial charge in [0.1, 0.15) is 6.10 Å². The van der Waals surface area contributed by atoms with Gasteiger partial charge in [-0.25, -0.2) is 4.79 Å². The minimum Gasteiger partial charge on any atom is -0.459 e. The highest BCUT2D eigenvalue weighted by Gasteiger charge is 2.67. The van der Waals surface area contributed by atoms with Crippen molar-refractivity contribution in [2.75, 3.05) is 0 Å². The van der Waals surface area contributed by atoms with Gasteiger partial charge in [-0.1, -0.05) is 72.6 Å². The predicted molar refractivity (Wildman–Crippen MR) is 161 cm³/mol. The number of fused-ring (bicyclic) bond motifs is 5. The normalized spacial score (nSPS) is 42.4. The fraction of sp³-hybridized carbons (Fsp3) is 0.806. The third kappa shape index (κ3) is 4.97. The van der Waals surface area contributed by atoms with Crippen molar-refractivity contribution in [2.45, 2.75) is 130 Å². The van der Waals surface area contributed by atoms with Gasteiger partial charge in [0, 0.05) is 11.8 Å². The standard InChI is InChI=1S/C36H56O4/c1-7-25(23(2)3)14-13-24(4)29-15-16-30-28-21-32(37)36(39)22-27(40-33(38)26-11-9-8-10-12-26)17-20-35(36,6)31(28)18-19-34(29,30)5/h8-12,23-25,27-32,37,39H,7,13-22H2,1-6H3/t24-,25+,27+,28+,29-,30+,31+,32-,34-,35-,36+/m1/s1. The summed E-state index contributed by atoms with van der Waals surface area (Å²) in [7, 11) is 0. The maximum atomic E-state index is 12.8. The van der Waals surface area contributed by atoms with E-state index in [1.165, 1.54) is 38.5 Å². The van der Waals surface area contributed by atoms with Gasteiger partial charge in [0.15, 0.2) is 0 Å². The summed E-state index contributed by atoms with van der Waals surface area (Å²) in [5, 5.41) is 23.9. The van der Waals surface area contributed by atoms with Crippen LogP contribution in [0.1, 0.15) is 123 Å². The van der Waals surface area contributed by atoms with Crippen molar-refractivity contribution >= 4 is 5.97 Å². The summed E-state index contributed by atoms with van der Waals surface area (Å²) >= 11 is 0. The number of esters is 1. The number of ether oxygens (including phenoxy) is 1. The lowest BCUT2D eigenvalue weighted by atomic mass is 9.42. The fourth-order valence-corrected chi connectivity index (χ4v) is 10.8. The van der Waals surface area contributed by atoms with Crippen LogP contribution in [0.3, 0.4) is 0 Å². The van der Waals surface area contributed by atoms with Crippen molar-refractivity contribution in [3.8, 4) is 0 Å². The van der Waals surface area contributed by atoms with E-state index in [2.05, 4.69) is 41.5 Å². The molecule has 4 aliphatic carbocycles. The Morgan fingerprint density at radius 3 is 2.40 bits per heavy atom. The summed E-state index contributed by atoms with van der Waals surface area (Å²) in [5.41, 5.74) is -0.674. The Labute approximate surface area is 243 Å². The van der Waals surface area contributed by atoms with Gasteiger partial charge in [-0.15, -0.1) is 0 Å². The van der Waals surface area contributed by atoms with Gasteiger partial charge in [0.05, 0.1) is 17.3 Å². The number of rotatable bonds is 8. The number of benzene rings is 1. The van der Waals surface area contributed by atoms with E-state index in [0.717, 1.165) is 42.9 Å². The molecular weight excluding hydrogens is 496 g/mol. The molecule has 0 bridgehead atoms. The topological polar surface area (TPSA) is 66.8 Å². The summed E-state index contributed by atoms with van der Waals surface area (Å²) in [6.07, 6.45) is 10.4. The Morgan fingerprint density at radius 1 is 1.00 bits per heavy atom. The van der Waals surface area contributed by atoms with Gasteiger partial charge < -0.3 is 14.9 Å². The molecule has 0 amide bonds. The van der Waals surface area contributed by atoms with Gasteiger partial charge in [0.25, 0.3) is 0 Å². The minimum atomic E-state index is -1.21. The van der Waals surface area contributed by atoms with Gasteiger partial charge in [-0.3, -0.25) is 0 Å². The summed E-state index contributed by atoms with van der Waals surface area (Å²) in [5.74, 6) is 4.30. The SMILES string of the molecule is CC[C@@H](CC[C@@H](C)[C@H]1CC[C@H]2[C@@H]3C[C@@H](O)[C@@]4(O)C[C@@H](OC(=O)c5ccccc5)CC[C@]4(C)[C@H]3CC[C@]12C)C(C)C. The van der Waals surface area contributed by atoms with Crippen molar-refractivity contribution in [1.82, 2.24) is 0 Å². The van der Waals surface area contributed by atoms with Crippen LogP contribution in [0.15, 0.2) is 30.3 Å². The number of hydrogen-bond donors (Lipinski definition) is 2. The molecule has 4 nitrogen and oxygen atoms in total. The average molecular weight is 553 g/mol. The van der Waals surface area contributed by atoms with E-state index < -0.39 is 11.7 Å². The van der Waals surface area contributed by atoms with Gasteiger partial charge in [-0.2, -0.15) is 0 Å². The Hall–Kier alpha value is -1.39. The van der Waals surface area contributed by atoms with Crippen LogP contribution in [-0.2, 0) is 4.74 Å². The molecule has 0 unspecified atom stereocenters. The maximum Gasteiger partial charge on any atom is 0.338 e. The first-order valence-electron chi connectivity index (χ1n) is 16.6. The van der Waals surface area contributed by atoms with Crippen LogP contribution in [0.4, 0.5) is 0 Å². The van der Waals surface area contributed by atoms with Crippen LogP contribution < -0.4 is 0 Å². The summed E-state index contributed by atoms with van der Waals surface area (Å²) < 4.78 is 5.90. The van der Waals surface area contributed by atoms with Crippen LogP contribution in [-0.4, -0.2) is 34.0 Å². The van der Waals surface area contributed by atoms with Crippen molar-refractivity contribution in [3.05, 3.63) is 35.9 Å². The second kappa shape index (κ2) is 11.4. The highest BCUT2D eigenvalue weighted by molar-refractivity contribution is 5.89. The zero-order valence-corrected chi connectivity index (χ0v) is 26.1. The van der Waals surface area contributed by atoms with E-state index in [4.69, 9.17) is 4.74 Å². The molecule has 0 spiro atoms. The molecule has 224 valence electrons. The number of carbonyl (C=O) groups is 1. The Bertz CT molecular complexity index is 1020. The zero-order valence-electron chi connectivity index (χ0n) is 26.1. The van der Waals surface area contributed by atoms with Crippen molar-refractivity contribution in [2.24, 2.45) is 52.3 Å². The fourth-order valence-electron chi connectivity index (χ4n) is 10.8. The number of aliphatic hydroxyl groups is 2. The lowest BCUT2D eigenvalue weighted by Crippen LogP contribution is -2.68. The van der Waals surface area contributed by atoms with E-state index in [0.29, 0.717) is 41.6 Å². The number of carbonyl (C=O) groups excluding carboxylic acids is 1. The molecule has 4 fully saturated rings. The van der Waals surface area contributed by atoms with Crippen LogP contribution >= 0.6 is 0 Å². The minimum absolute atomic E-state index is 0.334. The first kappa shape index (κ1) is 30.1. The summed E-state index contributed by atoms with van der Waals surface area (Å²) in [6, 6.07) is 9.10. The molecule has 0 aliphatic heterocycles. The van der Waals surface area contributed by atoms with Crippen molar-refractivity contribution < 1.29 is 19.7 Å². The van der Waals surface area contributed by atoms with Crippen LogP contribution in [0.25, 0.3) is 0 Å². The number of aliphatic hydroxyl groups excluding tert-OH is 1. The molecule has 4 aliphatic rings. The quantitative estimate of drug-likeness (QED) is 0.320. The van der Waals surface area contributed by atoms with Crippen LogP contribution in [0.2, 0.25) is 0 Å². The Morgan fingerprint density at radius 2 is 1.73 bits per heavy atom. The third-order valence-corrected chi connectivity index (χ3v) is 13.3. The first-order chi connectivity index (χ1) is 18.9. The zero-order chi connectivity index (χ0) is 28.9. The largest absolute Gasteiger partial charge is 0.459 e. The van der Waals surface area contributed by atoms with Crippen molar-refractivity contribution in [1.29, 1.82) is 0 Å². The van der Waals surface area contributed by atoms with Gasteiger partial charge in [-0.05, 0) is 110 Å². The highest BCUT2D eigenvalue weighted by atomic mass is 16.5. The average Bonchev–Trinajstić information content (AvgIpc) is 3.28. The van der Waals surface area contributed by atoms with E-state index in [-0.39, 0.29) is 17.5 Å². The van der Waals surface area contributed by atoms with Crippen LogP contribution in [0.5, 0.6) is 0 Å². The van der Waals surface area contributed by atoms with E-state index >= 15 is 0 Å². The second-order valence-corrected chi connectivity index (χ2v) is 15.3. The summed E-state index contributed by atoms with van der Waals surface area (Å²) in [4.78, 5) is 12.8. The molecule has 1 aromatic rings. The van der Waals surface area contributed by atoms with Crippen LogP contribution in [0, 0.1) is 52.3 Å². The Balaban J connectivity index is 1.28. The van der Waals surface area contributed by atoms with E-state index in [1.54, 1.807) is 12.1 Å². The molecule has 0 saturated heterocycles. The van der Waals surface area contributed by atoms with Gasteiger partial charge >= 0.3 is 5.97 Å². The molecule has 2 N–H and O–H groups in total. The summed E-state index contributed by atoms with van der Waals surface area (Å²) in [6.45, 7) is 14.5. The third-order valence-electron chi connectivity index (χ3n) is 13.3. The molecule has 0 heterocycles. The molecule has 11 atom stereocenters. The van der Waals surface area contributed by atoms with E-state index in [1.807, 2.05) is 18.2 Å². The van der Waals surface area contributed by atoms with Crippen molar-refractivity contribution in [3.63, 3.8) is 0 Å².